The molecule has 0 spiro atoms. The summed E-state index contributed by atoms with van der Waals surface area (Å²) in [5, 5.41) is 34.5. The Morgan fingerprint density at radius 2 is 1.94 bits per heavy atom. The number of nitrogens with one attached hydrogen (secondary N) is 4. The minimum atomic E-state index is -1.76. The van der Waals surface area contributed by atoms with Crippen molar-refractivity contribution >= 4 is 46.1 Å². The number of carboxylic acid groups (broad SMARTS) is 1. The van der Waals surface area contributed by atoms with Crippen LogP contribution < -0.4 is 21.3 Å². The lowest BCUT2D eigenvalue weighted by Crippen LogP contribution is -2.72. The number of thiazole rings is 1. The molecule has 15 heteroatoms. The fraction of sp³-hybridized carbons (Fsp3) is 0.619. The van der Waals surface area contributed by atoms with Crippen molar-refractivity contribution in [1.82, 2.24) is 20.9 Å². The molecule has 0 aliphatic carbocycles. The monoisotopic (exact) mass is 528 g/mol. The Morgan fingerprint density at radius 1 is 1.28 bits per heavy atom. The van der Waals surface area contributed by atoms with Crippen LogP contribution in [0, 0.1) is 0 Å². The predicted octanol–water partition coefficient (Wildman–Crippen LogP) is 0.0276. The van der Waals surface area contributed by atoms with Crippen LogP contribution in [-0.2, 0) is 24.0 Å². The first-order chi connectivity index (χ1) is 16.6. The van der Waals surface area contributed by atoms with Gasteiger partial charge in [-0.15, -0.1) is 11.3 Å². The molecule has 0 unspecified atom stereocenters. The molecule has 2 rings (SSSR count). The summed E-state index contributed by atoms with van der Waals surface area (Å²) in [6.07, 6.45) is -1.34. The van der Waals surface area contributed by atoms with Gasteiger partial charge in [0.1, 0.15) is 17.3 Å². The highest BCUT2D eigenvalue weighted by Gasteiger charge is 2.41. The number of hydrogen-bond acceptors (Lipinski definition) is 11. The first-order valence-electron chi connectivity index (χ1n) is 11.0. The maximum absolute atomic E-state index is 13.1. The quantitative estimate of drug-likeness (QED) is 0.129. The Hall–Kier alpha value is -3.30. The number of aliphatic hydroxyl groups excluding tert-OH is 1. The summed E-state index contributed by atoms with van der Waals surface area (Å²) in [6, 6.07) is -1.35. The lowest BCUT2D eigenvalue weighted by atomic mass is 9.98. The molecule has 0 radical (unpaired) electrons. The van der Waals surface area contributed by atoms with Gasteiger partial charge in [-0.05, 0) is 41.5 Å². The van der Waals surface area contributed by atoms with Crippen molar-refractivity contribution in [2.75, 3.05) is 18.4 Å². The van der Waals surface area contributed by atoms with Gasteiger partial charge in [-0.2, -0.15) is 0 Å². The van der Waals surface area contributed by atoms with Crippen molar-refractivity contribution in [3.05, 3.63) is 11.1 Å². The lowest BCUT2D eigenvalue weighted by molar-refractivity contribution is -0.161. The number of hydrogen-bond donors (Lipinski definition) is 6. The van der Waals surface area contributed by atoms with Crippen LogP contribution in [0.25, 0.3) is 0 Å². The molecule has 3 atom stereocenters. The third kappa shape index (κ3) is 8.42. The van der Waals surface area contributed by atoms with Crippen LogP contribution >= 0.6 is 11.3 Å². The minimum absolute atomic E-state index is 0.0201. The fourth-order valence-corrected chi connectivity index (χ4v) is 3.35. The van der Waals surface area contributed by atoms with E-state index in [1.807, 2.05) is 0 Å². The number of nitrogens with zero attached hydrogens (tertiary/aromatic N) is 2. The zero-order chi connectivity index (χ0) is 27.3. The molecule has 0 bridgehead atoms. The summed E-state index contributed by atoms with van der Waals surface area (Å²) < 4.78 is 5.17. The first kappa shape index (κ1) is 28.9. The van der Waals surface area contributed by atoms with E-state index in [9.17, 15) is 29.4 Å². The van der Waals surface area contributed by atoms with E-state index in [1.165, 1.54) is 19.2 Å². The van der Waals surface area contributed by atoms with Crippen molar-refractivity contribution in [3.8, 4) is 0 Å². The number of aliphatic carboxylic acids is 1. The van der Waals surface area contributed by atoms with Crippen LogP contribution in [0.4, 0.5) is 9.93 Å². The second-order valence-electron chi connectivity index (χ2n) is 9.58. The number of anilines is 1. The molecule has 14 nitrogen and oxygen atoms in total. The molecule has 1 fully saturated rings. The fourth-order valence-electron chi connectivity index (χ4n) is 2.67. The molecule has 1 saturated heterocycles. The van der Waals surface area contributed by atoms with Crippen molar-refractivity contribution in [1.29, 1.82) is 0 Å². The van der Waals surface area contributed by atoms with Crippen molar-refractivity contribution < 1.29 is 39.0 Å². The van der Waals surface area contributed by atoms with E-state index >= 15 is 0 Å². The Morgan fingerprint density at radius 3 is 2.50 bits per heavy atom. The third-order valence-corrected chi connectivity index (χ3v) is 5.31. The second-order valence-corrected chi connectivity index (χ2v) is 10.4. The SMILES string of the molecule is C[C@@H](O)CNC[C@@H]1NC(=O)[C@H]1NC(=O)C(=NOC(C)(C)C(=O)O)c1csc(NC(=O)OC(C)(C)C)n1. The summed E-state index contributed by atoms with van der Waals surface area (Å²) >= 11 is 0.974. The van der Waals surface area contributed by atoms with E-state index in [0.717, 1.165) is 11.3 Å². The standard InChI is InChI=1S/C21H32N6O8S/c1-10(28)7-22-8-11-13(15(29)23-11)25-16(30)14(27-35-21(5,6)17(31)32)12-9-36-18(24-12)26-19(33)34-20(2,3)4/h9-11,13,22,28H,7-8H2,1-6H3,(H,23,29)(H,25,30)(H,31,32)(H,24,26,33)/t10-,11+,13+/m1/s1. The van der Waals surface area contributed by atoms with Gasteiger partial charge in [0.2, 0.25) is 11.5 Å². The van der Waals surface area contributed by atoms with Gasteiger partial charge in [-0.1, -0.05) is 5.16 Å². The molecule has 1 aliphatic rings. The van der Waals surface area contributed by atoms with Crippen molar-refractivity contribution in [2.45, 2.75) is 70.9 Å². The molecule has 0 saturated carbocycles. The van der Waals surface area contributed by atoms with Crippen molar-refractivity contribution in [3.63, 3.8) is 0 Å². The number of β-lactam (4-membered cyclic amide) rings is 1. The molecule has 1 aromatic rings. The maximum atomic E-state index is 13.1. The van der Waals surface area contributed by atoms with E-state index in [2.05, 4.69) is 31.4 Å². The highest BCUT2D eigenvalue weighted by atomic mass is 32.1. The van der Waals surface area contributed by atoms with Crippen molar-refractivity contribution in [2.24, 2.45) is 5.16 Å². The Bertz CT molecular complexity index is 1020. The van der Waals surface area contributed by atoms with E-state index in [-0.39, 0.29) is 17.4 Å². The van der Waals surface area contributed by atoms with Gasteiger partial charge in [0.05, 0.1) is 12.1 Å². The molecule has 200 valence electrons. The first-order valence-corrected chi connectivity index (χ1v) is 11.9. The molecule has 1 aromatic heterocycles. The Labute approximate surface area is 211 Å². The summed E-state index contributed by atoms with van der Waals surface area (Å²) in [4.78, 5) is 57.8. The average molecular weight is 529 g/mol. The summed E-state index contributed by atoms with van der Waals surface area (Å²) in [5.41, 5.74) is -2.92. The lowest BCUT2D eigenvalue weighted by Gasteiger charge is -2.37. The number of amides is 3. The molecule has 36 heavy (non-hydrogen) atoms. The maximum Gasteiger partial charge on any atom is 0.413 e. The van der Waals surface area contributed by atoms with E-state index in [0.29, 0.717) is 6.54 Å². The summed E-state index contributed by atoms with van der Waals surface area (Å²) in [5.74, 6) is -2.59. The van der Waals surface area contributed by atoms with Gasteiger partial charge < -0.3 is 35.7 Å². The number of rotatable bonds is 11. The highest BCUT2D eigenvalue weighted by molar-refractivity contribution is 7.14. The molecule has 2 heterocycles. The number of aliphatic hydroxyl groups is 1. The zero-order valence-electron chi connectivity index (χ0n) is 20.9. The smallest absolute Gasteiger partial charge is 0.413 e. The highest BCUT2D eigenvalue weighted by Crippen LogP contribution is 2.19. The third-order valence-electron chi connectivity index (χ3n) is 4.55. The van der Waals surface area contributed by atoms with Crippen LogP contribution in [0.1, 0.15) is 47.2 Å². The number of oxime groups is 1. The topological polar surface area (TPSA) is 201 Å². The van der Waals surface area contributed by atoms with Crippen LogP contribution in [-0.4, -0.2) is 87.3 Å². The van der Waals surface area contributed by atoms with E-state index in [4.69, 9.17) is 9.57 Å². The molecule has 3 amide bonds. The number of aromatic nitrogens is 1. The number of ether oxygens (including phenoxy) is 1. The Kier molecular flexibility index (Phi) is 9.34. The second kappa shape index (κ2) is 11.6. The van der Waals surface area contributed by atoms with Gasteiger partial charge in [-0.25, -0.2) is 14.6 Å². The normalized spacial score (nSPS) is 19.0. The minimum Gasteiger partial charge on any atom is -0.478 e. The van der Waals surface area contributed by atoms with Gasteiger partial charge in [0.15, 0.2) is 10.8 Å². The summed E-state index contributed by atoms with van der Waals surface area (Å²) in [6.45, 7) is 9.76. The largest absolute Gasteiger partial charge is 0.478 e. The number of carboxylic acids is 1. The number of carbonyl (C=O) groups excluding carboxylic acids is 3. The van der Waals surface area contributed by atoms with Crippen LogP contribution in [0.15, 0.2) is 10.5 Å². The molecule has 6 N–H and O–H groups in total. The van der Waals surface area contributed by atoms with Gasteiger partial charge in [0, 0.05) is 18.5 Å². The van der Waals surface area contributed by atoms with E-state index < -0.39 is 59.0 Å². The molecule has 1 aliphatic heterocycles. The van der Waals surface area contributed by atoms with Crippen LogP contribution in [0.5, 0.6) is 0 Å². The summed E-state index contributed by atoms with van der Waals surface area (Å²) in [7, 11) is 0. The van der Waals surface area contributed by atoms with Crippen LogP contribution in [0.3, 0.4) is 0 Å². The molecular weight excluding hydrogens is 496 g/mol. The average Bonchev–Trinajstić information content (AvgIpc) is 3.17. The molecular formula is C21H32N6O8S. The molecule has 0 aromatic carbocycles. The van der Waals surface area contributed by atoms with E-state index in [1.54, 1.807) is 27.7 Å². The van der Waals surface area contributed by atoms with Crippen LogP contribution in [0.2, 0.25) is 0 Å². The zero-order valence-corrected chi connectivity index (χ0v) is 21.7. The van der Waals surface area contributed by atoms with Gasteiger partial charge in [0.25, 0.3) is 5.91 Å². The predicted molar refractivity (Wildman–Crippen MR) is 130 cm³/mol. The Balaban J connectivity index is 2.21. The van der Waals surface area contributed by atoms with Gasteiger partial charge in [-0.3, -0.25) is 14.9 Å². The number of carbonyl (C=O) groups is 4. The van der Waals surface area contributed by atoms with Gasteiger partial charge >= 0.3 is 12.1 Å².